The molecule has 3 rings (SSSR count). The van der Waals surface area contributed by atoms with Crippen molar-refractivity contribution >= 4 is 29.1 Å². The van der Waals surface area contributed by atoms with E-state index in [-0.39, 0.29) is 0 Å². The van der Waals surface area contributed by atoms with E-state index in [4.69, 9.17) is 9.47 Å². The molecule has 0 unspecified atom stereocenters. The number of hydrogen-bond acceptors (Lipinski definition) is 5. The molecule has 2 aromatic carbocycles. The number of thioether (sulfide) groups is 1. The predicted molar refractivity (Wildman–Crippen MR) is 124 cm³/mol. The first-order valence-electron chi connectivity index (χ1n) is 9.93. The minimum absolute atomic E-state index is 0.599. The Morgan fingerprint density at radius 1 is 1.10 bits per heavy atom. The number of hydrogen-bond donors (Lipinski definition) is 2. The molecule has 1 saturated heterocycles. The molecule has 29 heavy (non-hydrogen) atoms. The molecule has 0 radical (unpaired) electrons. The second-order valence-electron chi connectivity index (χ2n) is 6.62. The van der Waals surface area contributed by atoms with Crippen LogP contribution in [0.5, 0.6) is 11.5 Å². The maximum atomic E-state index is 5.57. The van der Waals surface area contributed by atoms with E-state index in [0.717, 1.165) is 24.5 Å². The molecule has 0 saturated carbocycles. The van der Waals surface area contributed by atoms with Crippen molar-refractivity contribution in [2.45, 2.75) is 13.5 Å². The summed E-state index contributed by atoms with van der Waals surface area (Å²) < 4.78 is 11.0. The number of anilines is 2. The van der Waals surface area contributed by atoms with E-state index in [2.05, 4.69) is 44.8 Å². The van der Waals surface area contributed by atoms with Gasteiger partial charge in [-0.2, -0.15) is 11.8 Å². The lowest BCUT2D eigenvalue weighted by atomic mass is 10.2. The van der Waals surface area contributed by atoms with Crippen LogP contribution >= 0.6 is 11.8 Å². The molecule has 0 amide bonds. The maximum absolute atomic E-state index is 5.57. The van der Waals surface area contributed by atoms with E-state index in [9.17, 15) is 0 Å². The molecule has 0 atom stereocenters. The highest BCUT2D eigenvalue weighted by atomic mass is 32.2. The van der Waals surface area contributed by atoms with Crippen LogP contribution in [-0.4, -0.2) is 51.3 Å². The highest BCUT2D eigenvalue weighted by molar-refractivity contribution is 7.99. The molecular formula is C22H30N4O2S. The zero-order chi connectivity index (χ0) is 20.5. The summed E-state index contributed by atoms with van der Waals surface area (Å²) in [6.45, 7) is 5.51. The van der Waals surface area contributed by atoms with Crippen LogP contribution in [-0.2, 0) is 6.54 Å². The fraction of sp³-hybridized carbons (Fsp3) is 0.409. The minimum Gasteiger partial charge on any atom is -0.493 e. The van der Waals surface area contributed by atoms with Gasteiger partial charge in [0.05, 0.1) is 13.7 Å². The SMILES string of the molecule is CCOc1ccc(NC(=NC)NCc2ccc(N3CCSCC3)cc2)cc1OC. The summed E-state index contributed by atoms with van der Waals surface area (Å²) in [5.41, 5.74) is 3.40. The maximum Gasteiger partial charge on any atom is 0.195 e. The quantitative estimate of drug-likeness (QED) is 0.530. The third-order valence-electron chi connectivity index (χ3n) is 4.72. The van der Waals surface area contributed by atoms with Gasteiger partial charge in [-0.05, 0) is 36.8 Å². The molecule has 0 aromatic heterocycles. The Hall–Kier alpha value is -2.54. The Kier molecular flexibility index (Phi) is 7.93. The number of rotatable bonds is 7. The average Bonchev–Trinajstić information content (AvgIpc) is 2.78. The van der Waals surface area contributed by atoms with E-state index in [1.54, 1.807) is 14.2 Å². The van der Waals surface area contributed by atoms with Gasteiger partial charge in [0.2, 0.25) is 0 Å². The lowest BCUT2D eigenvalue weighted by molar-refractivity contribution is 0.311. The standard InChI is InChI=1S/C22H30N4O2S/c1-4-28-20-10-7-18(15-21(20)27-3)25-22(23-2)24-16-17-5-8-19(9-6-17)26-11-13-29-14-12-26/h5-10,15H,4,11-14,16H2,1-3H3,(H2,23,24,25). The van der Waals surface area contributed by atoms with Crippen molar-refractivity contribution in [3.8, 4) is 11.5 Å². The first-order valence-corrected chi connectivity index (χ1v) is 11.1. The van der Waals surface area contributed by atoms with Gasteiger partial charge in [-0.25, -0.2) is 0 Å². The van der Waals surface area contributed by atoms with Crippen molar-refractivity contribution in [3.05, 3.63) is 48.0 Å². The van der Waals surface area contributed by atoms with Crippen molar-refractivity contribution in [2.24, 2.45) is 4.99 Å². The zero-order valence-electron chi connectivity index (χ0n) is 17.4. The minimum atomic E-state index is 0.599. The topological polar surface area (TPSA) is 58.1 Å². The second kappa shape index (κ2) is 10.9. The fourth-order valence-corrected chi connectivity index (χ4v) is 4.07. The molecule has 6 nitrogen and oxygen atoms in total. The summed E-state index contributed by atoms with van der Waals surface area (Å²) in [6.07, 6.45) is 0. The number of nitrogens with one attached hydrogen (secondary N) is 2. The average molecular weight is 415 g/mol. The van der Waals surface area contributed by atoms with Gasteiger partial charge in [-0.1, -0.05) is 12.1 Å². The first kappa shape index (κ1) is 21.2. The highest BCUT2D eigenvalue weighted by Crippen LogP contribution is 2.30. The molecule has 1 fully saturated rings. The van der Waals surface area contributed by atoms with Crippen LogP contribution in [0.1, 0.15) is 12.5 Å². The lowest BCUT2D eigenvalue weighted by Gasteiger charge is -2.28. The number of benzene rings is 2. The Balaban J connectivity index is 1.56. The van der Waals surface area contributed by atoms with Gasteiger partial charge in [0, 0.05) is 55.6 Å². The van der Waals surface area contributed by atoms with Gasteiger partial charge in [-0.3, -0.25) is 4.99 Å². The van der Waals surface area contributed by atoms with Crippen molar-refractivity contribution in [3.63, 3.8) is 0 Å². The van der Waals surface area contributed by atoms with E-state index in [1.807, 2.05) is 36.9 Å². The summed E-state index contributed by atoms with van der Waals surface area (Å²) in [5, 5.41) is 6.66. The predicted octanol–water partition coefficient (Wildman–Crippen LogP) is 3.83. The normalized spacial score (nSPS) is 14.4. The number of ether oxygens (including phenoxy) is 2. The molecule has 1 aliphatic rings. The summed E-state index contributed by atoms with van der Waals surface area (Å²) in [6, 6.07) is 14.5. The fourth-order valence-electron chi connectivity index (χ4n) is 3.17. The molecule has 0 bridgehead atoms. The molecule has 7 heteroatoms. The van der Waals surface area contributed by atoms with Crippen LogP contribution in [0.25, 0.3) is 0 Å². The van der Waals surface area contributed by atoms with Gasteiger partial charge < -0.3 is 25.0 Å². The summed E-state index contributed by atoms with van der Waals surface area (Å²) in [5.74, 6) is 4.55. The van der Waals surface area contributed by atoms with Crippen LogP contribution in [0.15, 0.2) is 47.5 Å². The Labute approximate surface area is 177 Å². The van der Waals surface area contributed by atoms with Gasteiger partial charge in [0.15, 0.2) is 17.5 Å². The van der Waals surface area contributed by atoms with Crippen molar-refractivity contribution in [1.29, 1.82) is 0 Å². The Morgan fingerprint density at radius 3 is 2.52 bits per heavy atom. The largest absolute Gasteiger partial charge is 0.493 e. The van der Waals surface area contributed by atoms with Gasteiger partial charge in [0.1, 0.15) is 0 Å². The van der Waals surface area contributed by atoms with Gasteiger partial charge in [0.25, 0.3) is 0 Å². The smallest absolute Gasteiger partial charge is 0.195 e. The van der Waals surface area contributed by atoms with Crippen LogP contribution in [0.2, 0.25) is 0 Å². The Morgan fingerprint density at radius 2 is 1.86 bits per heavy atom. The van der Waals surface area contributed by atoms with Gasteiger partial charge >= 0.3 is 0 Å². The Bertz CT molecular complexity index is 805. The zero-order valence-corrected chi connectivity index (χ0v) is 18.2. The monoisotopic (exact) mass is 414 g/mol. The molecule has 0 aliphatic carbocycles. The molecule has 1 aliphatic heterocycles. The molecular weight excluding hydrogens is 384 g/mol. The lowest BCUT2D eigenvalue weighted by Crippen LogP contribution is -2.32. The van der Waals surface area contributed by atoms with Crippen LogP contribution < -0.4 is 25.0 Å². The summed E-state index contributed by atoms with van der Waals surface area (Å²) in [4.78, 5) is 6.77. The molecule has 2 N–H and O–H groups in total. The third-order valence-corrected chi connectivity index (χ3v) is 5.66. The van der Waals surface area contributed by atoms with Crippen molar-refractivity contribution in [1.82, 2.24) is 5.32 Å². The highest BCUT2D eigenvalue weighted by Gasteiger charge is 2.11. The number of methoxy groups -OCH3 is 1. The van der Waals surface area contributed by atoms with Crippen LogP contribution in [0, 0.1) is 0 Å². The van der Waals surface area contributed by atoms with E-state index >= 15 is 0 Å². The van der Waals surface area contributed by atoms with Crippen LogP contribution in [0.4, 0.5) is 11.4 Å². The molecule has 2 aromatic rings. The third kappa shape index (κ3) is 5.97. The molecule has 156 valence electrons. The second-order valence-corrected chi connectivity index (χ2v) is 7.84. The van der Waals surface area contributed by atoms with Crippen molar-refractivity contribution < 1.29 is 9.47 Å². The number of guanidine groups is 1. The van der Waals surface area contributed by atoms with E-state index in [0.29, 0.717) is 24.9 Å². The summed E-state index contributed by atoms with van der Waals surface area (Å²) in [7, 11) is 3.40. The van der Waals surface area contributed by atoms with E-state index in [1.165, 1.54) is 22.8 Å². The van der Waals surface area contributed by atoms with E-state index < -0.39 is 0 Å². The molecule has 0 spiro atoms. The first-order chi connectivity index (χ1) is 14.2. The number of nitrogens with zero attached hydrogens (tertiary/aromatic N) is 2. The van der Waals surface area contributed by atoms with Crippen molar-refractivity contribution in [2.75, 3.05) is 55.6 Å². The number of aliphatic imine (C=N–C) groups is 1. The molecule has 1 heterocycles. The van der Waals surface area contributed by atoms with Gasteiger partial charge in [-0.15, -0.1) is 0 Å². The van der Waals surface area contributed by atoms with Crippen LogP contribution in [0.3, 0.4) is 0 Å². The summed E-state index contributed by atoms with van der Waals surface area (Å²) >= 11 is 2.03.